The third-order valence-electron chi connectivity index (χ3n) is 2.97. The Bertz CT molecular complexity index is 567. The molecule has 19 heavy (non-hydrogen) atoms. The van der Waals surface area contributed by atoms with Gasteiger partial charge in [0, 0.05) is 31.1 Å². The molecule has 1 aromatic rings. The van der Waals surface area contributed by atoms with E-state index in [0.29, 0.717) is 11.3 Å². The molecule has 0 aromatic carbocycles. The first kappa shape index (κ1) is 15.6. The van der Waals surface area contributed by atoms with Crippen LogP contribution in [0.5, 0.6) is 0 Å². The van der Waals surface area contributed by atoms with E-state index in [-0.39, 0.29) is 19.0 Å². The van der Waals surface area contributed by atoms with Gasteiger partial charge in [-0.1, -0.05) is 0 Å². The lowest BCUT2D eigenvalue weighted by atomic mass is 10.2. The molecule has 0 fully saturated rings. The largest absolute Gasteiger partial charge is 0.350 e. The van der Waals surface area contributed by atoms with Gasteiger partial charge in [0.25, 0.3) is 5.91 Å². The SMILES string of the molecule is CC(C)(CNC(=O)c1ccnc(CN)c1)S(C)(=O)=O. The fourth-order valence-corrected chi connectivity index (χ4v) is 1.59. The van der Waals surface area contributed by atoms with Crippen molar-refractivity contribution >= 4 is 15.7 Å². The molecule has 106 valence electrons. The lowest BCUT2D eigenvalue weighted by Gasteiger charge is -2.22. The first-order valence-corrected chi connectivity index (χ1v) is 7.69. The van der Waals surface area contributed by atoms with Gasteiger partial charge >= 0.3 is 0 Å². The van der Waals surface area contributed by atoms with E-state index in [4.69, 9.17) is 5.73 Å². The Kier molecular flexibility index (Phi) is 4.65. The summed E-state index contributed by atoms with van der Waals surface area (Å²) >= 11 is 0. The molecule has 0 aliphatic heterocycles. The zero-order chi connectivity index (χ0) is 14.7. The molecule has 0 radical (unpaired) electrons. The maximum Gasteiger partial charge on any atom is 0.251 e. The van der Waals surface area contributed by atoms with E-state index in [1.54, 1.807) is 26.0 Å². The average molecular weight is 285 g/mol. The van der Waals surface area contributed by atoms with Crippen LogP contribution in [0.15, 0.2) is 18.3 Å². The Hall–Kier alpha value is -1.47. The summed E-state index contributed by atoms with van der Waals surface area (Å²) in [5.41, 5.74) is 6.47. The van der Waals surface area contributed by atoms with Crippen LogP contribution in [0.1, 0.15) is 29.9 Å². The normalized spacial score (nSPS) is 12.2. The van der Waals surface area contributed by atoms with Crippen molar-refractivity contribution in [3.05, 3.63) is 29.6 Å². The van der Waals surface area contributed by atoms with Gasteiger partial charge in [0.2, 0.25) is 0 Å². The Morgan fingerprint density at radius 2 is 2.11 bits per heavy atom. The number of nitrogens with one attached hydrogen (secondary N) is 1. The van der Waals surface area contributed by atoms with Crippen molar-refractivity contribution in [1.82, 2.24) is 10.3 Å². The first-order valence-electron chi connectivity index (χ1n) is 5.80. The molecule has 0 spiro atoms. The number of nitrogens with two attached hydrogens (primary N) is 1. The minimum absolute atomic E-state index is 0.0466. The van der Waals surface area contributed by atoms with Gasteiger partial charge in [0.15, 0.2) is 9.84 Å². The number of nitrogens with zero attached hydrogens (tertiary/aromatic N) is 1. The third kappa shape index (κ3) is 4.00. The van der Waals surface area contributed by atoms with Crippen LogP contribution < -0.4 is 11.1 Å². The first-order chi connectivity index (χ1) is 8.67. The van der Waals surface area contributed by atoms with Crippen molar-refractivity contribution in [2.45, 2.75) is 25.1 Å². The van der Waals surface area contributed by atoms with Crippen LogP contribution in [0.4, 0.5) is 0 Å². The Morgan fingerprint density at radius 1 is 1.47 bits per heavy atom. The minimum Gasteiger partial charge on any atom is -0.350 e. The lowest BCUT2D eigenvalue weighted by Crippen LogP contribution is -2.43. The molecule has 3 N–H and O–H groups in total. The number of amides is 1. The van der Waals surface area contributed by atoms with Crippen LogP contribution in [0.3, 0.4) is 0 Å². The molecule has 0 aliphatic carbocycles. The number of hydrogen-bond donors (Lipinski definition) is 2. The number of sulfone groups is 1. The summed E-state index contributed by atoms with van der Waals surface area (Å²) in [5.74, 6) is -0.339. The summed E-state index contributed by atoms with van der Waals surface area (Å²) in [6.45, 7) is 3.43. The Balaban J connectivity index is 2.76. The van der Waals surface area contributed by atoms with Crippen molar-refractivity contribution in [2.75, 3.05) is 12.8 Å². The van der Waals surface area contributed by atoms with E-state index >= 15 is 0 Å². The molecule has 1 heterocycles. The summed E-state index contributed by atoms with van der Waals surface area (Å²) in [6, 6.07) is 3.14. The number of carbonyl (C=O) groups excluding carboxylic acids is 1. The van der Waals surface area contributed by atoms with Crippen molar-refractivity contribution in [3.8, 4) is 0 Å². The zero-order valence-electron chi connectivity index (χ0n) is 11.3. The lowest BCUT2D eigenvalue weighted by molar-refractivity contribution is 0.0950. The van der Waals surface area contributed by atoms with Gasteiger partial charge in [-0.25, -0.2) is 8.42 Å². The summed E-state index contributed by atoms with van der Waals surface area (Å²) in [7, 11) is -3.24. The van der Waals surface area contributed by atoms with Gasteiger partial charge in [-0.15, -0.1) is 0 Å². The van der Waals surface area contributed by atoms with E-state index in [9.17, 15) is 13.2 Å². The number of hydrogen-bond acceptors (Lipinski definition) is 5. The molecule has 6 nitrogen and oxygen atoms in total. The molecule has 0 saturated carbocycles. The smallest absolute Gasteiger partial charge is 0.251 e. The Labute approximate surface area is 113 Å². The highest BCUT2D eigenvalue weighted by Crippen LogP contribution is 2.13. The van der Waals surface area contributed by atoms with Gasteiger partial charge in [-0.3, -0.25) is 9.78 Å². The molecule has 0 aliphatic rings. The number of carbonyl (C=O) groups is 1. The fourth-order valence-electron chi connectivity index (χ4n) is 1.26. The molecular weight excluding hydrogens is 266 g/mol. The van der Waals surface area contributed by atoms with Crippen molar-refractivity contribution in [2.24, 2.45) is 5.73 Å². The van der Waals surface area contributed by atoms with E-state index in [2.05, 4.69) is 10.3 Å². The predicted octanol–water partition coefficient (Wildman–Crippen LogP) is 0.0933. The van der Waals surface area contributed by atoms with E-state index in [1.807, 2.05) is 0 Å². The molecular formula is C12H19N3O3S. The monoisotopic (exact) mass is 285 g/mol. The molecule has 1 aromatic heterocycles. The summed E-state index contributed by atoms with van der Waals surface area (Å²) in [5, 5.41) is 2.61. The fraction of sp³-hybridized carbons (Fsp3) is 0.500. The average Bonchev–Trinajstić information content (AvgIpc) is 2.34. The quantitative estimate of drug-likeness (QED) is 0.798. The van der Waals surface area contributed by atoms with E-state index in [1.165, 1.54) is 6.20 Å². The summed E-state index contributed by atoms with van der Waals surface area (Å²) in [4.78, 5) is 15.9. The second kappa shape index (κ2) is 5.66. The van der Waals surface area contributed by atoms with Gasteiger partial charge in [0.1, 0.15) is 0 Å². The van der Waals surface area contributed by atoms with Crippen LogP contribution in [0.25, 0.3) is 0 Å². The van der Waals surface area contributed by atoms with Crippen LogP contribution in [0.2, 0.25) is 0 Å². The standard InChI is InChI=1S/C12H19N3O3S/c1-12(2,19(3,17)18)8-15-11(16)9-4-5-14-10(6-9)7-13/h4-6H,7-8,13H2,1-3H3,(H,15,16). The molecule has 7 heteroatoms. The molecule has 1 amide bonds. The third-order valence-corrected chi connectivity index (χ3v) is 5.12. The highest BCUT2D eigenvalue weighted by atomic mass is 32.2. The van der Waals surface area contributed by atoms with Gasteiger partial charge in [0.05, 0.1) is 10.4 Å². The van der Waals surface area contributed by atoms with E-state index < -0.39 is 14.6 Å². The highest BCUT2D eigenvalue weighted by Gasteiger charge is 2.30. The summed E-state index contributed by atoms with van der Waals surface area (Å²) in [6.07, 6.45) is 2.65. The Morgan fingerprint density at radius 3 is 2.63 bits per heavy atom. The second-order valence-corrected chi connectivity index (χ2v) is 7.60. The van der Waals surface area contributed by atoms with E-state index in [0.717, 1.165) is 6.26 Å². The van der Waals surface area contributed by atoms with Crippen LogP contribution in [-0.4, -0.2) is 36.9 Å². The van der Waals surface area contributed by atoms with Crippen molar-refractivity contribution < 1.29 is 13.2 Å². The topological polar surface area (TPSA) is 102 Å². The number of rotatable bonds is 5. The maximum absolute atomic E-state index is 11.9. The molecule has 0 unspecified atom stereocenters. The predicted molar refractivity (Wildman–Crippen MR) is 73.4 cm³/mol. The van der Waals surface area contributed by atoms with Gasteiger partial charge in [-0.2, -0.15) is 0 Å². The van der Waals surface area contributed by atoms with Gasteiger partial charge in [-0.05, 0) is 26.0 Å². The maximum atomic E-state index is 11.9. The van der Waals surface area contributed by atoms with Crippen LogP contribution in [-0.2, 0) is 16.4 Å². The number of pyridine rings is 1. The molecule has 1 rings (SSSR count). The van der Waals surface area contributed by atoms with Crippen molar-refractivity contribution in [3.63, 3.8) is 0 Å². The minimum atomic E-state index is -3.24. The van der Waals surface area contributed by atoms with Gasteiger partial charge < -0.3 is 11.1 Å². The van der Waals surface area contributed by atoms with Crippen molar-refractivity contribution in [1.29, 1.82) is 0 Å². The van der Waals surface area contributed by atoms with Crippen LogP contribution in [0, 0.1) is 0 Å². The van der Waals surface area contributed by atoms with Crippen LogP contribution >= 0.6 is 0 Å². The zero-order valence-corrected chi connectivity index (χ0v) is 12.1. The molecule has 0 bridgehead atoms. The summed E-state index contributed by atoms with van der Waals surface area (Å²) < 4.78 is 22.0. The second-order valence-electron chi connectivity index (χ2n) is 4.95. The highest BCUT2D eigenvalue weighted by molar-refractivity contribution is 7.92. The molecule has 0 saturated heterocycles. The molecule has 0 atom stereocenters. The number of aromatic nitrogens is 1.